The topological polar surface area (TPSA) is 83.9 Å². The molecule has 0 aliphatic carbocycles. The Morgan fingerprint density at radius 1 is 1.43 bits per heavy atom. The van der Waals surface area contributed by atoms with E-state index >= 15 is 0 Å². The normalized spacial score (nSPS) is 11.0. The Balaban J connectivity index is 1.63. The van der Waals surface area contributed by atoms with Crippen LogP contribution in [0.3, 0.4) is 0 Å². The number of carbonyl (C=O) groups is 1. The van der Waals surface area contributed by atoms with Crippen molar-refractivity contribution in [2.45, 2.75) is 26.4 Å². The second-order valence-electron chi connectivity index (χ2n) is 5.37. The first-order valence-electron chi connectivity index (χ1n) is 7.23. The molecule has 3 heterocycles. The summed E-state index contributed by atoms with van der Waals surface area (Å²) in [6.07, 6.45) is 2.20. The molecular formula is C15H17N5O2S. The minimum Gasteiger partial charge on any atom is -0.338 e. The molecule has 8 heteroatoms. The molecule has 0 spiro atoms. The van der Waals surface area contributed by atoms with Gasteiger partial charge in [-0.1, -0.05) is 0 Å². The second kappa shape index (κ2) is 6.33. The quantitative estimate of drug-likeness (QED) is 0.768. The lowest BCUT2D eigenvalue weighted by atomic mass is 10.3. The number of nitrogens with zero attached hydrogens (tertiary/aromatic N) is 4. The van der Waals surface area contributed by atoms with Crippen molar-refractivity contribution in [1.82, 2.24) is 24.6 Å². The van der Waals surface area contributed by atoms with Crippen LogP contribution in [0.25, 0.3) is 10.2 Å². The highest BCUT2D eigenvalue weighted by molar-refractivity contribution is 7.17. The summed E-state index contributed by atoms with van der Waals surface area (Å²) in [5.74, 6) is 0.470. The van der Waals surface area contributed by atoms with E-state index in [0.29, 0.717) is 29.0 Å². The molecule has 0 radical (unpaired) electrons. The fourth-order valence-corrected chi connectivity index (χ4v) is 3.02. The molecule has 0 fully saturated rings. The third-order valence-electron chi connectivity index (χ3n) is 3.51. The molecule has 7 nitrogen and oxygen atoms in total. The third kappa shape index (κ3) is 3.48. The van der Waals surface area contributed by atoms with Crippen molar-refractivity contribution >= 4 is 27.5 Å². The standard InChI is InChI=1S/C15H17N5O2S/c1-10-3-6-20(18-10)7-4-13(21)19(2)9-12-16-11-5-8-23-14(11)15(22)17-12/h3,5-6,8H,4,7,9H2,1-2H3,(H,16,17,22). The van der Waals surface area contributed by atoms with Crippen molar-refractivity contribution in [3.05, 3.63) is 45.6 Å². The predicted molar refractivity (Wildman–Crippen MR) is 88.3 cm³/mol. The van der Waals surface area contributed by atoms with Gasteiger partial charge in [0.1, 0.15) is 10.5 Å². The highest BCUT2D eigenvalue weighted by atomic mass is 32.1. The molecule has 23 heavy (non-hydrogen) atoms. The molecule has 0 atom stereocenters. The molecule has 120 valence electrons. The maximum absolute atomic E-state index is 12.2. The minimum absolute atomic E-state index is 0.0220. The SMILES string of the molecule is Cc1ccn(CCC(=O)N(C)Cc2nc3ccsc3c(=O)[nH]2)n1. The number of thiophene rings is 1. The Morgan fingerprint density at radius 3 is 3.00 bits per heavy atom. The number of hydrogen-bond acceptors (Lipinski definition) is 5. The largest absolute Gasteiger partial charge is 0.338 e. The van der Waals surface area contributed by atoms with Gasteiger partial charge < -0.3 is 9.88 Å². The van der Waals surface area contributed by atoms with Gasteiger partial charge in [0.05, 0.1) is 17.8 Å². The lowest BCUT2D eigenvalue weighted by Crippen LogP contribution is -2.29. The van der Waals surface area contributed by atoms with Crippen LogP contribution in [-0.4, -0.2) is 37.6 Å². The van der Waals surface area contributed by atoms with Crippen molar-refractivity contribution in [2.24, 2.45) is 0 Å². The summed E-state index contributed by atoms with van der Waals surface area (Å²) in [6.45, 7) is 2.72. The maximum atomic E-state index is 12.2. The first-order chi connectivity index (χ1) is 11.0. The van der Waals surface area contributed by atoms with Gasteiger partial charge in [-0.25, -0.2) is 4.98 Å². The fourth-order valence-electron chi connectivity index (χ4n) is 2.30. The number of fused-ring (bicyclic) bond motifs is 1. The molecule has 0 aliphatic heterocycles. The number of amides is 1. The molecule has 0 saturated carbocycles. The Hall–Kier alpha value is -2.48. The summed E-state index contributed by atoms with van der Waals surface area (Å²) in [5, 5.41) is 6.08. The van der Waals surface area contributed by atoms with Crippen LogP contribution in [0.15, 0.2) is 28.5 Å². The molecule has 3 aromatic heterocycles. The summed E-state index contributed by atoms with van der Waals surface area (Å²) in [5.41, 5.74) is 1.44. The number of aromatic amines is 1. The molecule has 0 aromatic carbocycles. The van der Waals surface area contributed by atoms with E-state index in [-0.39, 0.29) is 18.0 Å². The van der Waals surface area contributed by atoms with Crippen molar-refractivity contribution in [3.63, 3.8) is 0 Å². The van der Waals surface area contributed by atoms with Gasteiger partial charge in [0.2, 0.25) is 5.91 Å². The highest BCUT2D eigenvalue weighted by Crippen LogP contribution is 2.14. The van der Waals surface area contributed by atoms with Gasteiger partial charge in [-0.15, -0.1) is 11.3 Å². The van der Waals surface area contributed by atoms with Crippen LogP contribution in [0.1, 0.15) is 17.9 Å². The zero-order chi connectivity index (χ0) is 16.4. The van der Waals surface area contributed by atoms with E-state index in [2.05, 4.69) is 15.1 Å². The Kier molecular flexibility index (Phi) is 4.24. The maximum Gasteiger partial charge on any atom is 0.268 e. The Labute approximate surface area is 136 Å². The number of carbonyl (C=O) groups excluding carboxylic acids is 1. The lowest BCUT2D eigenvalue weighted by Gasteiger charge is -2.16. The summed E-state index contributed by atoms with van der Waals surface area (Å²) >= 11 is 1.36. The first-order valence-corrected chi connectivity index (χ1v) is 8.11. The van der Waals surface area contributed by atoms with Gasteiger partial charge in [0.15, 0.2) is 0 Å². The third-order valence-corrected chi connectivity index (χ3v) is 4.41. The summed E-state index contributed by atoms with van der Waals surface area (Å²) in [4.78, 5) is 32.8. The van der Waals surface area contributed by atoms with E-state index in [4.69, 9.17) is 0 Å². The molecule has 3 aromatic rings. The van der Waals surface area contributed by atoms with Gasteiger partial charge in [-0.05, 0) is 24.4 Å². The lowest BCUT2D eigenvalue weighted by molar-refractivity contribution is -0.130. The van der Waals surface area contributed by atoms with Gasteiger partial charge in [-0.2, -0.15) is 5.10 Å². The van der Waals surface area contributed by atoms with Gasteiger partial charge >= 0.3 is 0 Å². The molecule has 1 amide bonds. The van der Waals surface area contributed by atoms with Gasteiger partial charge in [0, 0.05) is 26.2 Å². The first kappa shape index (κ1) is 15.4. The fraction of sp³-hybridized carbons (Fsp3) is 0.333. The average molecular weight is 331 g/mol. The summed E-state index contributed by atoms with van der Waals surface area (Å²) < 4.78 is 2.36. The Bertz CT molecular complexity index is 895. The minimum atomic E-state index is -0.159. The number of aromatic nitrogens is 4. The number of nitrogens with one attached hydrogen (secondary N) is 1. The van der Waals surface area contributed by atoms with E-state index in [1.807, 2.05) is 24.6 Å². The number of H-pyrrole nitrogens is 1. The van der Waals surface area contributed by atoms with Crippen LogP contribution in [0.2, 0.25) is 0 Å². The molecule has 1 N–H and O–H groups in total. The van der Waals surface area contributed by atoms with Crippen LogP contribution >= 0.6 is 11.3 Å². The average Bonchev–Trinajstić information content (AvgIpc) is 3.13. The van der Waals surface area contributed by atoms with E-state index in [9.17, 15) is 9.59 Å². The van der Waals surface area contributed by atoms with Crippen molar-refractivity contribution < 1.29 is 4.79 Å². The van der Waals surface area contributed by atoms with Crippen LogP contribution in [0.5, 0.6) is 0 Å². The molecular weight excluding hydrogens is 314 g/mol. The van der Waals surface area contributed by atoms with Crippen molar-refractivity contribution in [1.29, 1.82) is 0 Å². The highest BCUT2D eigenvalue weighted by Gasteiger charge is 2.12. The summed E-state index contributed by atoms with van der Waals surface area (Å²) in [6, 6.07) is 3.71. The van der Waals surface area contributed by atoms with E-state index in [1.165, 1.54) is 11.3 Å². The molecule has 0 saturated heterocycles. The zero-order valence-electron chi connectivity index (χ0n) is 12.9. The molecule has 0 aliphatic rings. The molecule has 3 rings (SSSR count). The molecule has 0 unspecified atom stereocenters. The van der Waals surface area contributed by atoms with E-state index in [1.54, 1.807) is 22.7 Å². The zero-order valence-corrected chi connectivity index (χ0v) is 13.8. The van der Waals surface area contributed by atoms with Crippen molar-refractivity contribution in [2.75, 3.05) is 7.05 Å². The number of aryl methyl sites for hydroxylation is 2. The van der Waals surface area contributed by atoms with Crippen molar-refractivity contribution in [3.8, 4) is 0 Å². The number of hydrogen-bond donors (Lipinski definition) is 1. The predicted octanol–water partition coefficient (Wildman–Crippen LogP) is 1.54. The van der Waals surface area contributed by atoms with Gasteiger partial charge in [-0.3, -0.25) is 14.3 Å². The Morgan fingerprint density at radius 2 is 2.26 bits per heavy atom. The monoisotopic (exact) mass is 331 g/mol. The van der Waals surface area contributed by atoms with E-state index < -0.39 is 0 Å². The second-order valence-corrected chi connectivity index (χ2v) is 6.28. The van der Waals surface area contributed by atoms with Crippen LogP contribution < -0.4 is 5.56 Å². The summed E-state index contributed by atoms with van der Waals surface area (Å²) in [7, 11) is 1.70. The van der Waals surface area contributed by atoms with Crippen LogP contribution in [0, 0.1) is 6.92 Å². The van der Waals surface area contributed by atoms with E-state index in [0.717, 1.165) is 5.69 Å². The van der Waals surface area contributed by atoms with Gasteiger partial charge in [0.25, 0.3) is 5.56 Å². The smallest absolute Gasteiger partial charge is 0.268 e. The van der Waals surface area contributed by atoms with Crippen LogP contribution in [0.4, 0.5) is 0 Å². The molecule has 0 bridgehead atoms. The number of rotatable bonds is 5. The van der Waals surface area contributed by atoms with Crippen LogP contribution in [-0.2, 0) is 17.9 Å².